The lowest BCUT2D eigenvalue weighted by Gasteiger charge is -2.09. The van der Waals surface area contributed by atoms with Crippen molar-refractivity contribution in [2.24, 2.45) is 0 Å². The van der Waals surface area contributed by atoms with Gasteiger partial charge in [0.15, 0.2) is 0 Å². The van der Waals surface area contributed by atoms with Crippen LogP contribution in [0.1, 0.15) is 28.5 Å². The number of hydrogen-bond acceptors (Lipinski definition) is 4. The van der Waals surface area contributed by atoms with Crippen LogP contribution in [0.5, 0.6) is 0 Å². The van der Waals surface area contributed by atoms with Crippen LogP contribution in [0.4, 0.5) is 10.1 Å². The molecule has 19 heavy (non-hydrogen) atoms. The van der Waals surface area contributed by atoms with Crippen LogP contribution in [-0.2, 0) is 0 Å². The van der Waals surface area contributed by atoms with Crippen LogP contribution in [0.2, 0.25) is 0 Å². The first-order chi connectivity index (χ1) is 8.95. The van der Waals surface area contributed by atoms with Crippen LogP contribution in [0.25, 0.3) is 0 Å². The molecular weight excluding hydrogens is 269 g/mol. The lowest BCUT2D eigenvalue weighted by Crippen LogP contribution is -1.93. The van der Waals surface area contributed by atoms with E-state index in [9.17, 15) is 9.18 Å². The van der Waals surface area contributed by atoms with Gasteiger partial charge in [-0.15, -0.1) is 11.8 Å². The van der Waals surface area contributed by atoms with Gasteiger partial charge >= 0.3 is 5.97 Å². The Hall–Kier alpha value is -1.95. The normalized spacial score (nSPS) is 12.3. The largest absolute Gasteiger partial charge is 0.475 e. The van der Waals surface area contributed by atoms with Gasteiger partial charge in [-0.05, 0) is 37.3 Å². The zero-order valence-electron chi connectivity index (χ0n) is 10.1. The Bertz CT molecular complexity index is 591. The summed E-state index contributed by atoms with van der Waals surface area (Å²) in [4.78, 5) is 11.4. The predicted octanol–water partition coefficient (Wildman–Crippen LogP) is 3.55. The van der Waals surface area contributed by atoms with Gasteiger partial charge in [0.2, 0.25) is 5.76 Å². The maximum Gasteiger partial charge on any atom is 0.371 e. The summed E-state index contributed by atoms with van der Waals surface area (Å²) in [5, 5.41) is 8.63. The molecule has 1 aromatic carbocycles. The van der Waals surface area contributed by atoms with E-state index in [1.165, 1.54) is 30.0 Å². The Morgan fingerprint density at radius 3 is 2.74 bits per heavy atom. The number of nitrogen functional groups attached to an aromatic ring is 1. The second-order valence-electron chi connectivity index (χ2n) is 3.99. The van der Waals surface area contributed by atoms with Crippen molar-refractivity contribution >= 4 is 23.4 Å². The Morgan fingerprint density at radius 1 is 1.42 bits per heavy atom. The van der Waals surface area contributed by atoms with Crippen molar-refractivity contribution in [3.63, 3.8) is 0 Å². The summed E-state index contributed by atoms with van der Waals surface area (Å²) in [7, 11) is 0. The molecular formula is C13H12FNO3S. The number of rotatable bonds is 4. The molecule has 0 aliphatic rings. The summed E-state index contributed by atoms with van der Waals surface area (Å²) in [6.07, 6.45) is 0. The van der Waals surface area contributed by atoms with E-state index in [1.807, 2.05) is 6.92 Å². The third-order valence-electron chi connectivity index (χ3n) is 2.44. The highest BCUT2D eigenvalue weighted by Gasteiger charge is 2.15. The molecule has 1 atom stereocenters. The maximum absolute atomic E-state index is 13.2. The van der Waals surface area contributed by atoms with Crippen LogP contribution < -0.4 is 5.73 Å². The average Bonchev–Trinajstić information content (AvgIpc) is 2.76. The monoisotopic (exact) mass is 281 g/mol. The van der Waals surface area contributed by atoms with Gasteiger partial charge in [0.05, 0.1) is 5.25 Å². The fourth-order valence-corrected chi connectivity index (χ4v) is 2.64. The lowest BCUT2D eigenvalue weighted by atomic mass is 10.3. The molecule has 3 N–H and O–H groups in total. The van der Waals surface area contributed by atoms with Gasteiger partial charge in [-0.1, -0.05) is 0 Å². The average molecular weight is 281 g/mol. The van der Waals surface area contributed by atoms with Gasteiger partial charge < -0.3 is 15.3 Å². The summed E-state index contributed by atoms with van der Waals surface area (Å²) in [6, 6.07) is 7.27. The van der Waals surface area contributed by atoms with Crippen molar-refractivity contribution < 1.29 is 18.7 Å². The molecule has 0 saturated heterocycles. The van der Waals surface area contributed by atoms with E-state index in [1.54, 1.807) is 12.1 Å². The van der Waals surface area contributed by atoms with Crippen LogP contribution in [-0.4, -0.2) is 11.1 Å². The highest BCUT2D eigenvalue weighted by molar-refractivity contribution is 7.99. The number of anilines is 1. The molecule has 0 saturated carbocycles. The SMILES string of the molecule is CC(Sc1cc(N)cc(F)c1)c1ccc(C(=O)O)o1. The van der Waals surface area contributed by atoms with Crippen LogP contribution >= 0.6 is 11.8 Å². The molecule has 2 rings (SSSR count). The minimum Gasteiger partial charge on any atom is -0.475 e. The fourth-order valence-electron chi connectivity index (χ4n) is 1.60. The standard InChI is InChI=1S/C13H12FNO3S/c1-7(11-2-3-12(18-11)13(16)17)19-10-5-8(14)4-9(15)6-10/h2-7H,15H2,1H3,(H,16,17). The maximum atomic E-state index is 13.2. The van der Waals surface area contributed by atoms with Crippen LogP contribution in [0.15, 0.2) is 39.6 Å². The number of aromatic carboxylic acids is 1. The van der Waals surface area contributed by atoms with Gasteiger partial charge in [0, 0.05) is 10.6 Å². The number of carboxylic acid groups (broad SMARTS) is 1. The molecule has 1 heterocycles. The van der Waals surface area contributed by atoms with E-state index in [-0.39, 0.29) is 11.0 Å². The number of hydrogen-bond donors (Lipinski definition) is 2. The molecule has 0 aliphatic carbocycles. The molecule has 0 bridgehead atoms. The van der Waals surface area contributed by atoms with Crippen molar-refractivity contribution in [1.82, 2.24) is 0 Å². The quantitative estimate of drug-likeness (QED) is 0.662. The van der Waals surface area contributed by atoms with E-state index < -0.39 is 11.8 Å². The number of furan rings is 1. The number of halogens is 1. The molecule has 0 aliphatic heterocycles. The smallest absolute Gasteiger partial charge is 0.371 e. The minimum absolute atomic E-state index is 0.110. The van der Waals surface area contributed by atoms with Crippen molar-refractivity contribution in [2.75, 3.05) is 5.73 Å². The van der Waals surface area contributed by atoms with E-state index in [4.69, 9.17) is 15.3 Å². The molecule has 4 nitrogen and oxygen atoms in total. The zero-order valence-corrected chi connectivity index (χ0v) is 10.9. The Morgan fingerprint density at radius 2 is 2.16 bits per heavy atom. The van der Waals surface area contributed by atoms with Crippen LogP contribution in [0, 0.1) is 5.82 Å². The highest BCUT2D eigenvalue weighted by Crippen LogP contribution is 2.36. The van der Waals surface area contributed by atoms with E-state index >= 15 is 0 Å². The predicted molar refractivity (Wildman–Crippen MR) is 70.8 cm³/mol. The topological polar surface area (TPSA) is 76.5 Å². The van der Waals surface area contributed by atoms with Crippen LogP contribution in [0.3, 0.4) is 0 Å². The zero-order chi connectivity index (χ0) is 14.0. The first kappa shape index (κ1) is 13.5. The molecule has 0 fully saturated rings. The lowest BCUT2D eigenvalue weighted by molar-refractivity contribution is 0.0660. The Kier molecular flexibility index (Phi) is 3.80. The van der Waals surface area contributed by atoms with Gasteiger partial charge in [-0.3, -0.25) is 0 Å². The number of carboxylic acids is 1. The van der Waals surface area contributed by atoms with Gasteiger partial charge in [0.25, 0.3) is 0 Å². The van der Waals surface area contributed by atoms with Crippen molar-refractivity contribution in [3.8, 4) is 0 Å². The molecule has 1 aromatic heterocycles. The number of nitrogens with two attached hydrogens (primary N) is 1. The summed E-state index contributed by atoms with van der Waals surface area (Å²) in [5.41, 5.74) is 5.91. The summed E-state index contributed by atoms with van der Waals surface area (Å²) in [5.74, 6) is -1.11. The molecule has 0 radical (unpaired) electrons. The molecule has 2 aromatic rings. The summed E-state index contributed by atoms with van der Waals surface area (Å²) >= 11 is 1.34. The number of thioether (sulfide) groups is 1. The molecule has 100 valence electrons. The number of carbonyl (C=O) groups is 1. The Labute approximate surface area is 113 Å². The van der Waals surface area contributed by atoms with Gasteiger partial charge in [0.1, 0.15) is 11.6 Å². The first-order valence-electron chi connectivity index (χ1n) is 5.51. The first-order valence-corrected chi connectivity index (χ1v) is 6.39. The van der Waals surface area contributed by atoms with E-state index in [0.29, 0.717) is 16.3 Å². The summed E-state index contributed by atoms with van der Waals surface area (Å²) < 4.78 is 18.4. The van der Waals surface area contributed by atoms with E-state index in [2.05, 4.69) is 0 Å². The second-order valence-corrected chi connectivity index (χ2v) is 5.40. The molecule has 6 heteroatoms. The molecule has 1 unspecified atom stereocenters. The van der Waals surface area contributed by atoms with Crippen molar-refractivity contribution in [2.45, 2.75) is 17.1 Å². The van der Waals surface area contributed by atoms with E-state index in [0.717, 1.165) is 0 Å². The summed E-state index contributed by atoms with van der Waals surface area (Å²) in [6.45, 7) is 1.84. The highest BCUT2D eigenvalue weighted by atomic mass is 32.2. The van der Waals surface area contributed by atoms with Crippen molar-refractivity contribution in [3.05, 3.63) is 47.7 Å². The Balaban J connectivity index is 2.15. The van der Waals surface area contributed by atoms with Crippen molar-refractivity contribution in [1.29, 1.82) is 0 Å². The number of benzene rings is 1. The fraction of sp³-hybridized carbons (Fsp3) is 0.154. The van der Waals surface area contributed by atoms with Gasteiger partial charge in [-0.2, -0.15) is 0 Å². The third kappa shape index (κ3) is 3.29. The molecule has 0 amide bonds. The van der Waals surface area contributed by atoms with Gasteiger partial charge in [-0.25, -0.2) is 9.18 Å². The third-order valence-corrected chi connectivity index (χ3v) is 3.54. The molecule has 0 spiro atoms. The second kappa shape index (κ2) is 5.36. The minimum atomic E-state index is -1.11.